The van der Waals surface area contributed by atoms with Gasteiger partial charge in [0.15, 0.2) is 0 Å². The molecule has 0 fully saturated rings. The van der Waals surface area contributed by atoms with Gasteiger partial charge in [-0.05, 0) is 12.1 Å². The summed E-state index contributed by atoms with van der Waals surface area (Å²) in [4.78, 5) is 16.3. The smallest absolute Gasteiger partial charge is 0.248 e. The van der Waals surface area contributed by atoms with Gasteiger partial charge in [-0.3, -0.25) is 4.79 Å². The molecule has 100 valence electrons. The van der Waals surface area contributed by atoms with E-state index in [1.165, 1.54) is 6.07 Å². The average molecular weight is 283 g/mol. The second-order valence-corrected chi connectivity index (χ2v) is 4.97. The van der Waals surface area contributed by atoms with Crippen molar-refractivity contribution in [2.75, 3.05) is 13.2 Å². The average Bonchev–Trinajstić information content (AvgIpc) is 2.80. The van der Waals surface area contributed by atoms with E-state index in [0.717, 1.165) is 16.6 Å². The van der Waals surface area contributed by atoms with E-state index in [1.807, 2.05) is 0 Å². The van der Waals surface area contributed by atoms with Gasteiger partial charge in [0, 0.05) is 36.2 Å². The number of aliphatic hydroxyl groups is 1. The van der Waals surface area contributed by atoms with Crippen molar-refractivity contribution in [2.24, 2.45) is 0 Å². The van der Waals surface area contributed by atoms with Gasteiger partial charge in [0.05, 0.1) is 5.52 Å². The predicted octanol–water partition coefficient (Wildman–Crippen LogP) is 1.84. The summed E-state index contributed by atoms with van der Waals surface area (Å²) < 4.78 is 13.4. The molecule has 0 spiro atoms. The van der Waals surface area contributed by atoms with E-state index in [-0.39, 0.29) is 10.9 Å². The van der Waals surface area contributed by atoms with Crippen LogP contribution >= 0.6 is 11.6 Å². The van der Waals surface area contributed by atoms with E-state index < -0.39 is 12.4 Å². The Balaban J connectivity index is 2.09. The number of nitrogens with zero attached hydrogens (tertiary/aromatic N) is 1. The Labute approximate surface area is 113 Å². The molecule has 1 aromatic carbocycles. The number of aliphatic hydroxyl groups excluding tert-OH is 1. The van der Waals surface area contributed by atoms with Crippen molar-refractivity contribution in [3.05, 3.63) is 34.2 Å². The van der Waals surface area contributed by atoms with Crippen LogP contribution in [-0.2, 0) is 17.8 Å². The van der Waals surface area contributed by atoms with Crippen LogP contribution < -0.4 is 0 Å². The maximum absolute atomic E-state index is 13.4. The molecule has 0 saturated heterocycles. The highest BCUT2D eigenvalue weighted by molar-refractivity contribution is 6.35. The largest absolute Gasteiger partial charge is 0.387 e. The highest BCUT2D eigenvalue weighted by atomic mass is 35.5. The number of hydrogen-bond donors (Lipinski definition) is 2. The molecule has 0 bridgehead atoms. The SMILES string of the molecule is O=C(CO)N1CCc2[nH]c3c(Cl)c(F)ccc3c2C1. The van der Waals surface area contributed by atoms with Gasteiger partial charge in [0.1, 0.15) is 17.4 Å². The van der Waals surface area contributed by atoms with Gasteiger partial charge in [-0.25, -0.2) is 4.39 Å². The first-order chi connectivity index (χ1) is 9.11. The molecular weight excluding hydrogens is 271 g/mol. The van der Waals surface area contributed by atoms with Crippen LogP contribution in [0.2, 0.25) is 5.02 Å². The Morgan fingerprint density at radius 1 is 1.53 bits per heavy atom. The van der Waals surface area contributed by atoms with E-state index in [0.29, 0.717) is 25.0 Å². The minimum absolute atomic E-state index is 0.0759. The standard InChI is InChI=1S/C13H12ClFN2O2/c14-12-9(15)2-1-7-8-5-17(11(19)6-18)4-3-10(8)16-13(7)12/h1-2,16,18H,3-6H2. The number of carbonyl (C=O) groups is 1. The molecule has 0 saturated carbocycles. The molecule has 19 heavy (non-hydrogen) atoms. The monoisotopic (exact) mass is 282 g/mol. The van der Waals surface area contributed by atoms with Gasteiger partial charge in [0.25, 0.3) is 0 Å². The Bertz CT molecular complexity index is 668. The number of rotatable bonds is 1. The lowest BCUT2D eigenvalue weighted by Crippen LogP contribution is -2.37. The highest BCUT2D eigenvalue weighted by Crippen LogP contribution is 2.33. The number of amides is 1. The zero-order chi connectivity index (χ0) is 13.6. The lowest BCUT2D eigenvalue weighted by molar-refractivity contribution is -0.135. The molecule has 0 aliphatic carbocycles. The summed E-state index contributed by atoms with van der Waals surface area (Å²) >= 11 is 5.95. The zero-order valence-electron chi connectivity index (χ0n) is 10.0. The fourth-order valence-corrected chi connectivity index (χ4v) is 2.75. The van der Waals surface area contributed by atoms with Crippen LogP contribution in [0.3, 0.4) is 0 Å². The summed E-state index contributed by atoms with van der Waals surface area (Å²) in [6, 6.07) is 2.99. The third-order valence-electron chi connectivity index (χ3n) is 3.53. The van der Waals surface area contributed by atoms with Gasteiger partial charge in [0.2, 0.25) is 5.91 Å². The normalized spacial score (nSPS) is 14.8. The molecule has 0 radical (unpaired) electrons. The number of H-pyrrole nitrogens is 1. The van der Waals surface area contributed by atoms with Crippen LogP contribution in [0.25, 0.3) is 10.9 Å². The summed E-state index contributed by atoms with van der Waals surface area (Å²) in [6.45, 7) is 0.461. The summed E-state index contributed by atoms with van der Waals surface area (Å²) in [5.74, 6) is -0.760. The Morgan fingerprint density at radius 3 is 3.05 bits per heavy atom. The van der Waals surface area contributed by atoms with Crippen LogP contribution in [0.15, 0.2) is 12.1 Å². The van der Waals surface area contributed by atoms with Crippen molar-refractivity contribution < 1.29 is 14.3 Å². The molecule has 2 N–H and O–H groups in total. The Hall–Kier alpha value is -1.59. The minimum atomic E-state index is -0.493. The van der Waals surface area contributed by atoms with Crippen molar-refractivity contribution in [2.45, 2.75) is 13.0 Å². The highest BCUT2D eigenvalue weighted by Gasteiger charge is 2.24. The van der Waals surface area contributed by atoms with Gasteiger partial charge < -0.3 is 15.0 Å². The van der Waals surface area contributed by atoms with Crippen LogP contribution in [0.5, 0.6) is 0 Å². The van der Waals surface area contributed by atoms with Crippen molar-refractivity contribution in [1.82, 2.24) is 9.88 Å². The maximum atomic E-state index is 13.4. The first kappa shape index (κ1) is 12.4. The number of hydrogen-bond acceptors (Lipinski definition) is 2. The fourth-order valence-electron chi connectivity index (χ4n) is 2.54. The van der Waals surface area contributed by atoms with Crippen molar-refractivity contribution in [3.8, 4) is 0 Å². The molecule has 1 aliphatic rings. The third-order valence-corrected chi connectivity index (χ3v) is 3.90. The molecule has 3 rings (SSSR count). The van der Waals surface area contributed by atoms with Crippen LogP contribution in [0.4, 0.5) is 4.39 Å². The molecule has 1 aliphatic heterocycles. The molecule has 4 nitrogen and oxygen atoms in total. The lowest BCUT2D eigenvalue weighted by atomic mass is 10.0. The van der Waals surface area contributed by atoms with E-state index in [2.05, 4.69) is 4.98 Å². The van der Waals surface area contributed by atoms with E-state index >= 15 is 0 Å². The number of nitrogens with one attached hydrogen (secondary N) is 1. The fraction of sp³-hybridized carbons (Fsp3) is 0.308. The molecule has 2 aromatic rings. The molecule has 6 heteroatoms. The number of fused-ring (bicyclic) bond motifs is 3. The van der Waals surface area contributed by atoms with Gasteiger partial charge in [-0.1, -0.05) is 11.6 Å². The molecule has 2 heterocycles. The summed E-state index contributed by atoms with van der Waals surface area (Å²) in [5, 5.41) is 9.82. The number of benzene rings is 1. The topological polar surface area (TPSA) is 56.3 Å². The summed E-state index contributed by atoms with van der Waals surface area (Å²) in [5.41, 5.74) is 2.50. The molecular formula is C13H12ClFN2O2. The van der Waals surface area contributed by atoms with Crippen molar-refractivity contribution >= 4 is 28.4 Å². The summed E-state index contributed by atoms with van der Waals surface area (Å²) in [6.07, 6.45) is 0.647. The Kier molecular flexibility index (Phi) is 2.95. The third kappa shape index (κ3) is 1.89. The zero-order valence-corrected chi connectivity index (χ0v) is 10.8. The molecule has 0 unspecified atom stereocenters. The minimum Gasteiger partial charge on any atom is -0.387 e. The molecule has 1 aromatic heterocycles. The van der Waals surface area contributed by atoms with Crippen molar-refractivity contribution in [1.29, 1.82) is 0 Å². The summed E-state index contributed by atoms with van der Waals surface area (Å²) in [7, 11) is 0. The van der Waals surface area contributed by atoms with E-state index in [9.17, 15) is 9.18 Å². The molecule has 0 atom stereocenters. The van der Waals surface area contributed by atoms with Crippen LogP contribution in [0, 0.1) is 5.82 Å². The van der Waals surface area contributed by atoms with Crippen molar-refractivity contribution in [3.63, 3.8) is 0 Å². The first-order valence-electron chi connectivity index (χ1n) is 5.98. The van der Waals surface area contributed by atoms with Gasteiger partial charge in [-0.15, -0.1) is 0 Å². The van der Waals surface area contributed by atoms with E-state index in [1.54, 1.807) is 11.0 Å². The number of halogens is 2. The Morgan fingerprint density at radius 2 is 2.32 bits per heavy atom. The second kappa shape index (κ2) is 4.51. The van der Waals surface area contributed by atoms with Crippen LogP contribution in [-0.4, -0.2) is 34.0 Å². The maximum Gasteiger partial charge on any atom is 0.248 e. The van der Waals surface area contributed by atoms with Gasteiger partial charge in [-0.2, -0.15) is 0 Å². The predicted molar refractivity (Wildman–Crippen MR) is 69.5 cm³/mol. The number of aromatic nitrogens is 1. The number of aromatic amines is 1. The lowest BCUT2D eigenvalue weighted by Gasteiger charge is -2.26. The van der Waals surface area contributed by atoms with Gasteiger partial charge >= 0.3 is 0 Å². The van der Waals surface area contributed by atoms with E-state index in [4.69, 9.17) is 16.7 Å². The first-order valence-corrected chi connectivity index (χ1v) is 6.35. The second-order valence-electron chi connectivity index (χ2n) is 4.59. The molecule has 1 amide bonds. The van der Waals surface area contributed by atoms with Crippen LogP contribution in [0.1, 0.15) is 11.3 Å². The number of carbonyl (C=O) groups excluding carboxylic acids is 1. The quantitative estimate of drug-likeness (QED) is 0.838.